The van der Waals surface area contributed by atoms with Crippen molar-refractivity contribution >= 4 is 17.9 Å². The van der Waals surface area contributed by atoms with Crippen molar-refractivity contribution in [1.82, 2.24) is 25.5 Å². The maximum atomic E-state index is 14.7. The van der Waals surface area contributed by atoms with E-state index in [0.717, 1.165) is 38.9 Å². The van der Waals surface area contributed by atoms with Gasteiger partial charge in [-0.1, -0.05) is 194 Å². The van der Waals surface area contributed by atoms with Crippen LogP contribution in [-0.2, 0) is 57.3 Å². The number of amides is 3. The highest BCUT2D eigenvalue weighted by Crippen LogP contribution is 2.41. The average Bonchev–Trinajstić information content (AvgIpc) is 3.87. The summed E-state index contributed by atoms with van der Waals surface area (Å²) in [5.41, 5.74) is 6.28. The number of carbonyl (C=O) groups is 3. The smallest absolute Gasteiger partial charge is 0.408 e. The molecule has 0 aliphatic rings. The van der Waals surface area contributed by atoms with Crippen LogP contribution in [0.15, 0.2) is 219 Å². The number of carbonyl (C=O) groups excluding carboxylic acids is 3. The normalized spacial score (nSPS) is 12.0. The first-order valence-corrected chi connectivity index (χ1v) is 23.1. The largest absolute Gasteiger partial charge is 0.489 e. The topological polar surface area (TPSA) is 133 Å². The van der Waals surface area contributed by atoms with Gasteiger partial charge < -0.3 is 34.7 Å². The number of hydrogen-bond donors (Lipinski definition) is 3. The minimum atomic E-state index is -1.20. The van der Waals surface area contributed by atoms with E-state index in [2.05, 4.69) is 52.3 Å². The summed E-state index contributed by atoms with van der Waals surface area (Å²) >= 11 is 0. The van der Waals surface area contributed by atoms with Crippen molar-refractivity contribution in [2.75, 3.05) is 13.2 Å². The molecule has 0 saturated carbocycles. The van der Waals surface area contributed by atoms with Crippen LogP contribution in [0.1, 0.15) is 44.6 Å². The Bertz CT molecular complexity index is 2720. The Morgan fingerprint density at radius 2 is 0.986 bits per heavy atom. The molecule has 8 rings (SSSR count). The van der Waals surface area contributed by atoms with E-state index in [0.29, 0.717) is 24.7 Å². The molecule has 0 fully saturated rings. The lowest BCUT2D eigenvalue weighted by molar-refractivity contribution is -0.130. The molecule has 11 heteroatoms. The van der Waals surface area contributed by atoms with E-state index >= 15 is 0 Å². The Labute approximate surface area is 403 Å². The van der Waals surface area contributed by atoms with E-state index in [4.69, 9.17) is 19.2 Å². The van der Waals surface area contributed by atoms with Gasteiger partial charge in [0.1, 0.15) is 36.6 Å². The number of nitrogens with zero attached hydrogens (tertiary/aromatic N) is 2. The zero-order valence-corrected chi connectivity index (χ0v) is 38.2. The van der Waals surface area contributed by atoms with Crippen molar-refractivity contribution in [2.45, 2.75) is 50.3 Å². The number of nitrogens with one attached hydrogen (secondary N) is 3. The highest BCUT2D eigenvalue weighted by atomic mass is 16.5. The van der Waals surface area contributed by atoms with Crippen molar-refractivity contribution in [3.05, 3.63) is 263 Å². The highest BCUT2D eigenvalue weighted by molar-refractivity contribution is 5.91. The summed E-state index contributed by atoms with van der Waals surface area (Å²) in [5.74, 6) is -0.342. The fourth-order valence-electron chi connectivity index (χ4n) is 8.28. The summed E-state index contributed by atoms with van der Waals surface area (Å²) in [6.07, 6.45) is 2.99. The number of aromatic nitrogens is 2. The third-order valence-corrected chi connectivity index (χ3v) is 11.7. The molecule has 0 bridgehead atoms. The van der Waals surface area contributed by atoms with Crippen molar-refractivity contribution in [3.63, 3.8) is 0 Å². The molecule has 7 aromatic carbocycles. The monoisotopic (exact) mass is 917 g/mol. The number of rotatable bonds is 22. The van der Waals surface area contributed by atoms with Gasteiger partial charge in [-0.05, 0) is 51.1 Å². The lowest BCUT2D eigenvalue weighted by Crippen LogP contribution is -2.55. The quantitative estimate of drug-likeness (QED) is 0.0457. The molecule has 0 saturated heterocycles. The van der Waals surface area contributed by atoms with Crippen LogP contribution in [0.3, 0.4) is 0 Å². The van der Waals surface area contributed by atoms with Gasteiger partial charge in [-0.25, -0.2) is 9.78 Å². The van der Waals surface area contributed by atoms with Gasteiger partial charge in [0.25, 0.3) is 0 Å². The van der Waals surface area contributed by atoms with Gasteiger partial charge in [-0.15, -0.1) is 0 Å². The molecule has 1 aromatic heterocycles. The van der Waals surface area contributed by atoms with Crippen LogP contribution in [0.4, 0.5) is 4.79 Å². The Morgan fingerprint density at radius 1 is 0.507 bits per heavy atom. The fraction of sp³-hybridized carbons (Fsp3) is 0.172. The fourth-order valence-corrected chi connectivity index (χ4v) is 8.28. The molecule has 0 unspecified atom stereocenters. The van der Waals surface area contributed by atoms with Gasteiger partial charge in [-0.2, -0.15) is 0 Å². The summed E-state index contributed by atoms with van der Waals surface area (Å²) in [6.45, 7) is 1.25. The van der Waals surface area contributed by atoms with E-state index in [1.54, 1.807) is 6.33 Å². The second-order valence-corrected chi connectivity index (χ2v) is 16.6. The SMILES string of the molecule is O=C(N[C@@H](Cc1cn(C(c2ccccc2)(c2ccccc2)c2ccccc2)cn1)C(=O)N[C@H](Cc1ccc(OCc2ccccc2)cc1)C(=O)NCCOCc1ccccc1)OCc1ccccc1. The van der Waals surface area contributed by atoms with Gasteiger partial charge in [0, 0.05) is 25.6 Å². The van der Waals surface area contributed by atoms with Crippen molar-refractivity contribution in [2.24, 2.45) is 0 Å². The molecule has 69 heavy (non-hydrogen) atoms. The summed E-state index contributed by atoms with van der Waals surface area (Å²) in [4.78, 5) is 47.2. The van der Waals surface area contributed by atoms with Crippen LogP contribution in [0.5, 0.6) is 5.75 Å². The Hall–Kier alpha value is -8.28. The van der Waals surface area contributed by atoms with E-state index in [1.165, 1.54) is 0 Å². The Kier molecular flexibility index (Phi) is 16.4. The predicted octanol–water partition coefficient (Wildman–Crippen LogP) is 9.20. The van der Waals surface area contributed by atoms with Crippen LogP contribution >= 0.6 is 0 Å². The van der Waals surface area contributed by atoms with E-state index in [1.807, 2.05) is 181 Å². The summed E-state index contributed by atoms with van der Waals surface area (Å²) in [6, 6.07) is 64.7. The average molecular weight is 918 g/mol. The molecule has 0 radical (unpaired) electrons. The molecule has 2 atom stereocenters. The zero-order chi connectivity index (χ0) is 47.5. The first-order chi connectivity index (χ1) is 33.9. The van der Waals surface area contributed by atoms with E-state index in [-0.39, 0.29) is 32.6 Å². The molecule has 0 aliphatic carbocycles. The van der Waals surface area contributed by atoms with Gasteiger partial charge in [0.05, 0.1) is 25.2 Å². The summed E-state index contributed by atoms with van der Waals surface area (Å²) < 4.78 is 19.5. The van der Waals surface area contributed by atoms with E-state index in [9.17, 15) is 14.4 Å². The molecule has 0 spiro atoms. The van der Waals surface area contributed by atoms with Crippen LogP contribution in [-0.4, -0.2) is 52.7 Å². The Balaban J connectivity index is 1.06. The van der Waals surface area contributed by atoms with Gasteiger partial charge in [-0.3, -0.25) is 9.59 Å². The summed E-state index contributed by atoms with van der Waals surface area (Å²) in [5, 5.41) is 8.73. The second kappa shape index (κ2) is 24.0. The zero-order valence-electron chi connectivity index (χ0n) is 38.2. The van der Waals surface area contributed by atoms with Crippen LogP contribution in [0.25, 0.3) is 0 Å². The van der Waals surface area contributed by atoms with Gasteiger partial charge in [0.2, 0.25) is 11.8 Å². The van der Waals surface area contributed by atoms with Crippen molar-refractivity contribution in [3.8, 4) is 5.75 Å². The molecule has 3 N–H and O–H groups in total. The van der Waals surface area contributed by atoms with Gasteiger partial charge >= 0.3 is 6.09 Å². The molecule has 1 heterocycles. The van der Waals surface area contributed by atoms with Crippen LogP contribution in [0.2, 0.25) is 0 Å². The van der Waals surface area contributed by atoms with Crippen LogP contribution in [0, 0.1) is 0 Å². The molecule has 348 valence electrons. The van der Waals surface area contributed by atoms with E-state index < -0.39 is 35.5 Å². The standard InChI is InChI=1S/C58H55N5O6/c64-55(59-35-36-67-40-45-19-7-1-8-20-45)53(37-44-31-33-52(34-32-44)68-41-46-21-9-2-10-22-46)61-56(65)54(62-57(66)69-42-47-23-11-3-12-24-47)38-51-39-63(43-60-51)58(48-25-13-4-14-26-48,49-27-15-5-16-28-49)50-29-17-6-18-30-50/h1-34,39,43,53-54H,35-38,40-42H2,(H,59,64)(H,61,65)(H,62,66)/t53-,54+/m1/s1. The second-order valence-electron chi connectivity index (χ2n) is 16.6. The van der Waals surface area contributed by atoms with Crippen molar-refractivity contribution in [1.29, 1.82) is 0 Å². The maximum absolute atomic E-state index is 14.7. The Morgan fingerprint density at radius 3 is 1.52 bits per heavy atom. The first-order valence-electron chi connectivity index (χ1n) is 23.1. The van der Waals surface area contributed by atoms with Crippen molar-refractivity contribution < 1.29 is 28.6 Å². The molecular formula is C58H55N5O6. The predicted molar refractivity (Wildman–Crippen MR) is 266 cm³/mol. The first kappa shape index (κ1) is 47.2. The molecular weight excluding hydrogens is 863 g/mol. The number of benzene rings is 7. The lowest BCUT2D eigenvalue weighted by Gasteiger charge is -2.37. The minimum Gasteiger partial charge on any atom is -0.489 e. The number of imidazole rings is 1. The summed E-state index contributed by atoms with van der Waals surface area (Å²) in [7, 11) is 0. The maximum Gasteiger partial charge on any atom is 0.408 e. The third kappa shape index (κ3) is 12.8. The highest BCUT2D eigenvalue weighted by Gasteiger charge is 2.39. The van der Waals surface area contributed by atoms with Gasteiger partial charge in [0.15, 0.2) is 0 Å². The molecule has 3 amide bonds. The molecule has 11 nitrogen and oxygen atoms in total. The number of ether oxygens (including phenoxy) is 3. The lowest BCUT2D eigenvalue weighted by atomic mass is 9.77. The minimum absolute atomic E-state index is 0.00812. The number of alkyl carbamates (subject to hydrolysis) is 1. The molecule has 8 aromatic rings. The molecule has 0 aliphatic heterocycles. The third-order valence-electron chi connectivity index (χ3n) is 11.7. The van der Waals surface area contributed by atoms with Crippen LogP contribution < -0.4 is 20.7 Å². The number of hydrogen-bond acceptors (Lipinski definition) is 7.